The predicted molar refractivity (Wildman–Crippen MR) is 87.7 cm³/mol. The zero-order chi connectivity index (χ0) is 16.5. The van der Waals surface area contributed by atoms with E-state index in [9.17, 15) is 4.79 Å². The molecule has 3 heterocycles. The van der Waals surface area contributed by atoms with Gasteiger partial charge in [-0.2, -0.15) is 5.10 Å². The van der Waals surface area contributed by atoms with Crippen LogP contribution in [0.15, 0.2) is 42.7 Å². The highest BCUT2D eigenvalue weighted by atomic mass is 16.2. The molecule has 0 spiro atoms. The number of carbonyl (C=O) groups excluding carboxylic acids is 1. The molecular formula is C17H18N6O. The molecule has 0 saturated heterocycles. The molecule has 0 atom stereocenters. The molecule has 1 aliphatic rings. The van der Waals surface area contributed by atoms with Gasteiger partial charge in [0.1, 0.15) is 5.82 Å². The van der Waals surface area contributed by atoms with E-state index in [0.717, 1.165) is 30.3 Å². The summed E-state index contributed by atoms with van der Waals surface area (Å²) in [6.45, 7) is 3.94. The van der Waals surface area contributed by atoms with Gasteiger partial charge in [0, 0.05) is 31.9 Å². The van der Waals surface area contributed by atoms with E-state index in [1.54, 1.807) is 10.9 Å². The number of aryl methyl sites for hydroxylation is 1. The maximum atomic E-state index is 13.0. The monoisotopic (exact) mass is 322 g/mol. The van der Waals surface area contributed by atoms with E-state index in [0.29, 0.717) is 18.7 Å². The SMILES string of the molecule is CCc1nnc2n1CCN(C(=O)c1ccccc1-n1cccn1)C2. The summed E-state index contributed by atoms with van der Waals surface area (Å²) in [5, 5.41) is 12.7. The van der Waals surface area contributed by atoms with Crippen LogP contribution in [-0.4, -0.2) is 41.9 Å². The molecule has 7 heteroatoms. The van der Waals surface area contributed by atoms with Crippen molar-refractivity contribution in [3.8, 4) is 5.69 Å². The molecule has 0 unspecified atom stereocenters. The van der Waals surface area contributed by atoms with Gasteiger partial charge in [-0.15, -0.1) is 10.2 Å². The molecule has 0 bridgehead atoms. The van der Waals surface area contributed by atoms with Crippen LogP contribution in [0.5, 0.6) is 0 Å². The molecule has 0 aliphatic carbocycles. The topological polar surface area (TPSA) is 68.8 Å². The van der Waals surface area contributed by atoms with Gasteiger partial charge in [-0.25, -0.2) is 4.68 Å². The van der Waals surface area contributed by atoms with Crippen LogP contribution in [0, 0.1) is 0 Å². The molecule has 24 heavy (non-hydrogen) atoms. The first kappa shape index (κ1) is 14.6. The molecule has 3 aromatic rings. The van der Waals surface area contributed by atoms with E-state index in [1.165, 1.54) is 0 Å². The van der Waals surface area contributed by atoms with Crippen molar-refractivity contribution in [3.05, 3.63) is 59.9 Å². The van der Waals surface area contributed by atoms with Crippen molar-refractivity contribution >= 4 is 5.91 Å². The normalized spacial score (nSPS) is 13.8. The lowest BCUT2D eigenvalue weighted by Gasteiger charge is -2.28. The number of aromatic nitrogens is 5. The number of fused-ring (bicyclic) bond motifs is 1. The number of rotatable bonds is 3. The van der Waals surface area contributed by atoms with Crippen molar-refractivity contribution in [2.75, 3.05) is 6.54 Å². The zero-order valence-electron chi connectivity index (χ0n) is 13.5. The molecule has 0 saturated carbocycles. The molecule has 0 fully saturated rings. The third kappa shape index (κ3) is 2.38. The van der Waals surface area contributed by atoms with Crippen molar-refractivity contribution in [1.82, 2.24) is 29.4 Å². The number of hydrogen-bond acceptors (Lipinski definition) is 4. The van der Waals surface area contributed by atoms with E-state index in [1.807, 2.05) is 41.4 Å². The van der Waals surface area contributed by atoms with Gasteiger partial charge >= 0.3 is 0 Å². The minimum atomic E-state index is -0.00611. The summed E-state index contributed by atoms with van der Waals surface area (Å²) in [6, 6.07) is 9.38. The van der Waals surface area contributed by atoms with Crippen LogP contribution in [0.2, 0.25) is 0 Å². The van der Waals surface area contributed by atoms with Crippen LogP contribution in [-0.2, 0) is 19.5 Å². The van der Waals surface area contributed by atoms with Gasteiger partial charge in [-0.3, -0.25) is 4.79 Å². The van der Waals surface area contributed by atoms with Gasteiger partial charge in [-0.1, -0.05) is 19.1 Å². The Labute approximate surface area is 139 Å². The summed E-state index contributed by atoms with van der Waals surface area (Å²) in [5.74, 6) is 1.82. The van der Waals surface area contributed by atoms with Crippen molar-refractivity contribution in [3.63, 3.8) is 0 Å². The van der Waals surface area contributed by atoms with E-state index in [2.05, 4.69) is 26.8 Å². The average Bonchev–Trinajstić information content (AvgIpc) is 3.30. The molecule has 1 amide bonds. The quantitative estimate of drug-likeness (QED) is 0.736. The van der Waals surface area contributed by atoms with E-state index in [-0.39, 0.29) is 5.91 Å². The lowest BCUT2D eigenvalue weighted by atomic mass is 10.1. The van der Waals surface area contributed by atoms with Crippen LogP contribution in [0.3, 0.4) is 0 Å². The zero-order valence-corrected chi connectivity index (χ0v) is 13.5. The highest BCUT2D eigenvalue weighted by molar-refractivity contribution is 5.97. The highest BCUT2D eigenvalue weighted by Crippen LogP contribution is 2.20. The van der Waals surface area contributed by atoms with Crippen LogP contribution < -0.4 is 0 Å². The van der Waals surface area contributed by atoms with Crippen LogP contribution in [0.1, 0.15) is 28.9 Å². The first-order valence-electron chi connectivity index (χ1n) is 8.07. The second-order valence-corrected chi connectivity index (χ2v) is 5.73. The summed E-state index contributed by atoms with van der Waals surface area (Å²) >= 11 is 0. The fourth-order valence-corrected chi connectivity index (χ4v) is 3.09. The maximum Gasteiger partial charge on any atom is 0.256 e. The van der Waals surface area contributed by atoms with Crippen molar-refractivity contribution in [2.24, 2.45) is 0 Å². The number of para-hydroxylation sites is 1. The summed E-state index contributed by atoms with van der Waals surface area (Å²) in [6.07, 6.45) is 4.40. The predicted octanol–water partition coefficient (Wildman–Crippen LogP) is 1.68. The van der Waals surface area contributed by atoms with Crippen LogP contribution >= 0.6 is 0 Å². The van der Waals surface area contributed by atoms with E-state index >= 15 is 0 Å². The van der Waals surface area contributed by atoms with E-state index < -0.39 is 0 Å². The second kappa shape index (κ2) is 5.92. The van der Waals surface area contributed by atoms with Crippen molar-refractivity contribution < 1.29 is 4.79 Å². The molecule has 0 radical (unpaired) electrons. The standard InChI is InChI=1S/C17H18N6O/c1-2-15-19-20-16-12-21(10-11-22(15)16)17(24)13-6-3-4-7-14(13)23-9-5-8-18-23/h3-9H,2,10-12H2,1H3. The second-order valence-electron chi connectivity index (χ2n) is 5.73. The number of nitrogens with zero attached hydrogens (tertiary/aromatic N) is 6. The number of amides is 1. The Morgan fingerprint density at radius 1 is 1.17 bits per heavy atom. The van der Waals surface area contributed by atoms with Gasteiger partial charge in [0.15, 0.2) is 5.82 Å². The first-order valence-corrected chi connectivity index (χ1v) is 8.07. The lowest BCUT2D eigenvalue weighted by molar-refractivity contribution is 0.0706. The fraction of sp³-hybridized carbons (Fsp3) is 0.294. The molecule has 1 aromatic carbocycles. The lowest BCUT2D eigenvalue weighted by Crippen LogP contribution is -2.39. The molecule has 4 rings (SSSR count). The maximum absolute atomic E-state index is 13.0. The Morgan fingerprint density at radius 2 is 2.04 bits per heavy atom. The van der Waals surface area contributed by atoms with Gasteiger partial charge in [0.2, 0.25) is 0 Å². The highest BCUT2D eigenvalue weighted by Gasteiger charge is 2.26. The Balaban J connectivity index is 1.64. The number of carbonyl (C=O) groups is 1. The van der Waals surface area contributed by atoms with Gasteiger partial charge in [0.25, 0.3) is 5.91 Å². The fourth-order valence-electron chi connectivity index (χ4n) is 3.09. The van der Waals surface area contributed by atoms with Crippen molar-refractivity contribution in [2.45, 2.75) is 26.4 Å². The number of benzene rings is 1. The Morgan fingerprint density at radius 3 is 2.83 bits per heavy atom. The van der Waals surface area contributed by atoms with Gasteiger partial charge < -0.3 is 9.47 Å². The van der Waals surface area contributed by atoms with Gasteiger partial charge in [-0.05, 0) is 18.2 Å². The largest absolute Gasteiger partial charge is 0.329 e. The third-order valence-electron chi connectivity index (χ3n) is 4.32. The van der Waals surface area contributed by atoms with Gasteiger partial charge in [0.05, 0.1) is 17.8 Å². The summed E-state index contributed by atoms with van der Waals surface area (Å²) in [7, 11) is 0. The summed E-state index contributed by atoms with van der Waals surface area (Å²) in [4.78, 5) is 14.9. The molecule has 122 valence electrons. The molecule has 2 aromatic heterocycles. The number of hydrogen-bond donors (Lipinski definition) is 0. The third-order valence-corrected chi connectivity index (χ3v) is 4.32. The summed E-state index contributed by atoms with van der Waals surface area (Å²) < 4.78 is 3.83. The minimum absolute atomic E-state index is 0.00611. The smallest absolute Gasteiger partial charge is 0.256 e. The Hall–Kier alpha value is -2.96. The minimum Gasteiger partial charge on any atom is -0.329 e. The summed E-state index contributed by atoms with van der Waals surface area (Å²) in [5.41, 5.74) is 1.43. The molecule has 7 nitrogen and oxygen atoms in total. The molecular weight excluding hydrogens is 304 g/mol. The van der Waals surface area contributed by atoms with E-state index in [4.69, 9.17) is 0 Å². The average molecular weight is 322 g/mol. The van der Waals surface area contributed by atoms with Crippen LogP contribution in [0.4, 0.5) is 0 Å². The van der Waals surface area contributed by atoms with Crippen molar-refractivity contribution in [1.29, 1.82) is 0 Å². The van der Waals surface area contributed by atoms with Crippen LogP contribution in [0.25, 0.3) is 5.69 Å². The Kier molecular flexibility index (Phi) is 3.60. The Bertz CT molecular complexity index is 867. The molecule has 1 aliphatic heterocycles. The first-order chi connectivity index (χ1) is 11.8. The molecule has 0 N–H and O–H groups in total.